The maximum absolute atomic E-state index is 5.67. The highest BCUT2D eigenvalue weighted by Gasteiger charge is 2.03. The molecule has 0 amide bonds. The van der Waals surface area contributed by atoms with Crippen LogP contribution in [0.4, 0.5) is 5.82 Å². The molecule has 0 saturated carbocycles. The number of aromatic nitrogens is 2. The third-order valence-corrected chi connectivity index (χ3v) is 2.36. The Hall–Kier alpha value is -1.03. The SMILES string of the molecule is CCOc1cncc(NCC(C)CCCl)n1. The van der Waals surface area contributed by atoms with Crippen LogP contribution in [0.15, 0.2) is 12.4 Å². The van der Waals surface area contributed by atoms with Crippen molar-refractivity contribution in [2.45, 2.75) is 20.3 Å². The quantitative estimate of drug-likeness (QED) is 0.748. The van der Waals surface area contributed by atoms with Crippen molar-refractivity contribution in [2.75, 3.05) is 24.3 Å². The van der Waals surface area contributed by atoms with Gasteiger partial charge in [0.25, 0.3) is 0 Å². The van der Waals surface area contributed by atoms with Gasteiger partial charge in [-0.05, 0) is 19.3 Å². The number of halogens is 1. The summed E-state index contributed by atoms with van der Waals surface area (Å²) in [5.41, 5.74) is 0. The first kappa shape index (κ1) is 13.0. The topological polar surface area (TPSA) is 47.0 Å². The lowest BCUT2D eigenvalue weighted by Gasteiger charge is -2.11. The number of rotatable bonds is 7. The predicted molar refractivity (Wildman–Crippen MR) is 66.2 cm³/mol. The second-order valence-electron chi connectivity index (χ2n) is 3.64. The van der Waals surface area contributed by atoms with E-state index >= 15 is 0 Å². The van der Waals surface area contributed by atoms with Gasteiger partial charge in [0.05, 0.1) is 19.0 Å². The molecule has 1 unspecified atom stereocenters. The van der Waals surface area contributed by atoms with Crippen molar-refractivity contribution in [1.82, 2.24) is 9.97 Å². The van der Waals surface area contributed by atoms with E-state index in [1.54, 1.807) is 12.4 Å². The van der Waals surface area contributed by atoms with E-state index in [9.17, 15) is 0 Å². The van der Waals surface area contributed by atoms with Crippen LogP contribution in [0.1, 0.15) is 20.3 Å². The zero-order valence-corrected chi connectivity index (χ0v) is 10.5. The minimum Gasteiger partial charge on any atom is -0.477 e. The molecule has 1 aromatic rings. The van der Waals surface area contributed by atoms with Crippen molar-refractivity contribution in [3.05, 3.63) is 12.4 Å². The molecule has 0 saturated heterocycles. The highest BCUT2D eigenvalue weighted by atomic mass is 35.5. The van der Waals surface area contributed by atoms with Gasteiger partial charge in [0.15, 0.2) is 0 Å². The first-order valence-electron chi connectivity index (χ1n) is 5.51. The second kappa shape index (κ2) is 7.28. The second-order valence-corrected chi connectivity index (χ2v) is 4.02. The first-order valence-corrected chi connectivity index (χ1v) is 6.04. The van der Waals surface area contributed by atoms with Crippen LogP contribution in [-0.4, -0.2) is 29.0 Å². The van der Waals surface area contributed by atoms with Crippen molar-refractivity contribution in [2.24, 2.45) is 5.92 Å². The van der Waals surface area contributed by atoms with Gasteiger partial charge in [0, 0.05) is 12.4 Å². The van der Waals surface area contributed by atoms with E-state index < -0.39 is 0 Å². The molecule has 4 nitrogen and oxygen atoms in total. The highest BCUT2D eigenvalue weighted by Crippen LogP contribution is 2.10. The zero-order valence-electron chi connectivity index (χ0n) is 9.74. The van der Waals surface area contributed by atoms with Gasteiger partial charge in [0.1, 0.15) is 5.82 Å². The predicted octanol–water partition coefficient (Wildman–Crippen LogP) is 2.55. The number of nitrogens with one attached hydrogen (secondary N) is 1. The molecule has 0 radical (unpaired) electrons. The summed E-state index contributed by atoms with van der Waals surface area (Å²) in [6.45, 7) is 5.51. The summed E-state index contributed by atoms with van der Waals surface area (Å²) in [6.07, 6.45) is 4.29. The van der Waals surface area contributed by atoms with Gasteiger partial charge in [-0.1, -0.05) is 6.92 Å². The van der Waals surface area contributed by atoms with E-state index in [0.29, 0.717) is 24.3 Å². The molecule has 0 aromatic carbocycles. The number of nitrogens with zero attached hydrogens (tertiary/aromatic N) is 2. The summed E-state index contributed by atoms with van der Waals surface area (Å²) in [7, 11) is 0. The standard InChI is InChI=1S/C11H18ClN3O/c1-3-16-11-8-13-7-10(15-11)14-6-9(2)4-5-12/h7-9H,3-6H2,1-2H3,(H,14,15). The third-order valence-electron chi connectivity index (χ3n) is 2.14. The Balaban J connectivity index is 2.44. The molecule has 1 N–H and O–H groups in total. The lowest BCUT2D eigenvalue weighted by atomic mass is 10.1. The van der Waals surface area contributed by atoms with E-state index in [4.69, 9.17) is 16.3 Å². The molecular weight excluding hydrogens is 226 g/mol. The Labute approximate surface area is 101 Å². The maximum atomic E-state index is 5.67. The lowest BCUT2D eigenvalue weighted by Crippen LogP contribution is -2.13. The molecule has 1 rings (SSSR count). The molecule has 1 atom stereocenters. The van der Waals surface area contributed by atoms with E-state index in [0.717, 1.165) is 18.8 Å². The Morgan fingerprint density at radius 1 is 1.50 bits per heavy atom. The maximum Gasteiger partial charge on any atom is 0.234 e. The average Bonchev–Trinajstić information content (AvgIpc) is 2.28. The molecule has 0 aliphatic rings. The number of ether oxygens (including phenoxy) is 1. The fraction of sp³-hybridized carbons (Fsp3) is 0.636. The molecule has 1 heterocycles. The number of alkyl halides is 1. The fourth-order valence-corrected chi connectivity index (χ4v) is 1.59. The van der Waals surface area contributed by atoms with Crippen molar-refractivity contribution >= 4 is 17.4 Å². The fourth-order valence-electron chi connectivity index (χ4n) is 1.22. The van der Waals surface area contributed by atoms with Crippen LogP contribution >= 0.6 is 11.6 Å². The molecule has 1 aromatic heterocycles. The summed E-state index contributed by atoms with van der Waals surface area (Å²) in [5.74, 6) is 2.51. The van der Waals surface area contributed by atoms with Crippen molar-refractivity contribution in [1.29, 1.82) is 0 Å². The van der Waals surface area contributed by atoms with Crippen molar-refractivity contribution < 1.29 is 4.74 Å². The minimum absolute atomic E-state index is 0.523. The first-order chi connectivity index (χ1) is 7.76. The Morgan fingerprint density at radius 3 is 3.00 bits per heavy atom. The highest BCUT2D eigenvalue weighted by molar-refractivity contribution is 6.17. The average molecular weight is 244 g/mol. The Bertz CT molecular complexity index is 309. The van der Waals surface area contributed by atoms with E-state index in [1.165, 1.54) is 0 Å². The normalized spacial score (nSPS) is 12.2. The number of anilines is 1. The summed E-state index contributed by atoms with van der Waals surface area (Å²) in [6, 6.07) is 0. The van der Waals surface area contributed by atoms with E-state index in [-0.39, 0.29) is 0 Å². The monoisotopic (exact) mass is 243 g/mol. The van der Waals surface area contributed by atoms with Gasteiger partial charge in [0.2, 0.25) is 5.88 Å². The van der Waals surface area contributed by atoms with Gasteiger partial charge in [-0.3, -0.25) is 4.98 Å². The number of hydrogen-bond donors (Lipinski definition) is 1. The van der Waals surface area contributed by atoms with Gasteiger partial charge in [-0.25, -0.2) is 0 Å². The minimum atomic E-state index is 0.523. The zero-order chi connectivity index (χ0) is 11.8. The Morgan fingerprint density at radius 2 is 2.31 bits per heavy atom. The van der Waals surface area contributed by atoms with Crippen LogP contribution < -0.4 is 10.1 Å². The summed E-state index contributed by atoms with van der Waals surface area (Å²) in [5, 5.41) is 3.22. The molecular formula is C11H18ClN3O. The molecule has 16 heavy (non-hydrogen) atoms. The Kier molecular flexibility index (Phi) is 5.93. The summed E-state index contributed by atoms with van der Waals surface area (Å²) >= 11 is 5.67. The third kappa shape index (κ3) is 4.66. The molecule has 90 valence electrons. The van der Waals surface area contributed by atoms with Gasteiger partial charge < -0.3 is 10.1 Å². The molecule has 0 aliphatic carbocycles. The lowest BCUT2D eigenvalue weighted by molar-refractivity contribution is 0.325. The van der Waals surface area contributed by atoms with Crippen LogP contribution in [-0.2, 0) is 0 Å². The molecule has 5 heteroatoms. The smallest absolute Gasteiger partial charge is 0.234 e. The van der Waals surface area contributed by atoms with Gasteiger partial charge in [-0.15, -0.1) is 11.6 Å². The molecule has 0 fully saturated rings. The van der Waals surface area contributed by atoms with Crippen LogP contribution in [0.3, 0.4) is 0 Å². The summed E-state index contributed by atoms with van der Waals surface area (Å²) < 4.78 is 5.27. The van der Waals surface area contributed by atoms with Gasteiger partial charge >= 0.3 is 0 Å². The summed E-state index contributed by atoms with van der Waals surface area (Å²) in [4.78, 5) is 8.32. The largest absolute Gasteiger partial charge is 0.477 e. The van der Waals surface area contributed by atoms with Gasteiger partial charge in [-0.2, -0.15) is 4.98 Å². The van der Waals surface area contributed by atoms with Crippen molar-refractivity contribution in [3.8, 4) is 5.88 Å². The van der Waals surface area contributed by atoms with E-state index in [2.05, 4.69) is 22.2 Å². The number of hydrogen-bond acceptors (Lipinski definition) is 4. The van der Waals surface area contributed by atoms with Crippen LogP contribution in [0.2, 0.25) is 0 Å². The van der Waals surface area contributed by atoms with Crippen LogP contribution in [0, 0.1) is 5.92 Å². The molecule has 0 spiro atoms. The van der Waals surface area contributed by atoms with E-state index in [1.807, 2.05) is 6.92 Å². The van der Waals surface area contributed by atoms with Crippen molar-refractivity contribution in [3.63, 3.8) is 0 Å². The van der Waals surface area contributed by atoms with Crippen LogP contribution in [0.5, 0.6) is 5.88 Å². The molecule has 0 bridgehead atoms. The molecule has 0 aliphatic heterocycles. The van der Waals surface area contributed by atoms with Crippen LogP contribution in [0.25, 0.3) is 0 Å².